The molecule has 0 aliphatic heterocycles. The van der Waals surface area contributed by atoms with E-state index in [1.165, 1.54) is 0 Å². The molecule has 140 valence electrons. The molecule has 7 nitrogen and oxygen atoms in total. The molecule has 25 heavy (non-hydrogen) atoms. The van der Waals surface area contributed by atoms with Crippen LogP contribution in [0, 0.1) is 0 Å². The lowest BCUT2D eigenvalue weighted by atomic mass is 10.1. The van der Waals surface area contributed by atoms with Crippen LogP contribution < -0.4 is 16.4 Å². The SMILES string of the molecule is COCc1ccccc1NC(N)=NCC(C)(C)NC(=O)OC(C)(C)C. The van der Waals surface area contributed by atoms with Crippen LogP contribution in [0.25, 0.3) is 0 Å². The summed E-state index contributed by atoms with van der Waals surface area (Å²) in [4.78, 5) is 16.2. The van der Waals surface area contributed by atoms with E-state index >= 15 is 0 Å². The highest BCUT2D eigenvalue weighted by atomic mass is 16.6. The van der Waals surface area contributed by atoms with Crippen molar-refractivity contribution in [3.05, 3.63) is 29.8 Å². The molecule has 1 rings (SSSR count). The molecule has 7 heteroatoms. The number of nitrogens with two attached hydrogens (primary N) is 1. The van der Waals surface area contributed by atoms with E-state index in [0.29, 0.717) is 13.2 Å². The van der Waals surface area contributed by atoms with Crippen molar-refractivity contribution in [1.82, 2.24) is 5.32 Å². The standard InChI is InChI=1S/C18H30N4O3/c1-17(2,3)25-16(23)22-18(4,5)12-20-15(19)21-14-10-8-7-9-13(14)11-24-6/h7-10H,11-12H2,1-6H3,(H,22,23)(H3,19,20,21). The first kappa shape index (κ1) is 20.8. The lowest BCUT2D eigenvalue weighted by Crippen LogP contribution is -2.48. The van der Waals surface area contributed by atoms with Crippen molar-refractivity contribution in [2.75, 3.05) is 19.0 Å². The van der Waals surface area contributed by atoms with Gasteiger partial charge in [0, 0.05) is 18.4 Å². The quantitative estimate of drug-likeness (QED) is 0.541. The Labute approximate surface area is 150 Å². The van der Waals surface area contributed by atoms with Gasteiger partial charge in [-0.2, -0.15) is 0 Å². The molecule has 0 aliphatic rings. The molecule has 1 aromatic carbocycles. The van der Waals surface area contributed by atoms with Crippen LogP contribution in [0.5, 0.6) is 0 Å². The fourth-order valence-electron chi connectivity index (χ4n) is 2.00. The fourth-order valence-corrected chi connectivity index (χ4v) is 2.00. The fraction of sp³-hybridized carbons (Fsp3) is 0.556. The normalized spacial score (nSPS) is 12.6. The second kappa shape index (κ2) is 8.71. The van der Waals surface area contributed by atoms with Gasteiger partial charge in [-0.1, -0.05) is 18.2 Å². The molecule has 0 bridgehead atoms. The zero-order chi connectivity index (χ0) is 19.1. The number of anilines is 1. The Morgan fingerprint density at radius 1 is 1.20 bits per heavy atom. The Morgan fingerprint density at radius 3 is 2.44 bits per heavy atom. The zero-order valence-electron chi connectivity index (χ0n) is 16.0. The maximum atomic E-state index is 11.9. The highest BCUT2D eigenvalue weighted by molar-refractivity contribution is 5.93. The zero-order valence-corrected chi connectivity index (χ0v) is 16.0. The smallest absolute Gasteiger partial charge is 0.408 e. The van der Waals surface area contributed by atoms with Crippen molar-refractivity contribution in [2.45, 2.75) is 52.4 Å². The van der Waals surface area contributed by atoms with E-state index in [0.717, 1.165) is 11.3 Å². The predicted molar refractivity (Wildman–Crippen MR) is 101 cm³/mol. The number of rotatable bonds is 6. The number of alkyl carbamates (subject to hydrolysis) is 1. The van der Waals surface area contributed by atoms with E-state index in [9.17, 15) is 4.79 Å². The average molecular weight is 350 g/mol. The first-order valence-corrected chi connectivity index (χ1v) is 8.17. The number of hydrogen-bond acceptors (Lipinski definition) is 4. The lowest BCUT2D eigenvalue weighted by molar-refractivity contribution is 0.0476. The molecule has 0 spiro atoms. The number of hydrogen-bond donors (Lipinski definition) is 3. The summed E-state index contributed by atoms with van der Waals surface area (Å²) in [5.41, 5.74) is 6.64. The number of amides is 1. The Bertz CT molecular complexity index is 607. The van der Waals surface area contributed by atoms with Crippen LogP contribution in [-0.4, -0.2) is 36.8 Å². The lowest BCUT2D eigenvalue weighted by Gasteiger charge is -2.27. The van der Waals surface area contributed by atoms with Gasteiger partial charge >= 0.3 is 6.09 Å². The van der Waals surface area contributed by atoms with Crippen LogP contribution in [0.2, 0.25) is 0 Å². The molecule has 0 heterocycles. The van der Waals surface area contributed by atoms with Crippen LogP contribution in [0.3, 0.4) is 0 Å². The Hall–Kier alpha value is -2.28. The second-order valence-electron chi connectivity index (χ2n) is 7.43. The molecule has 0 saturated heterocycles. The van der Waals surface area contributed by atoms with Gasteiger partial charge in [-0.25, -0.2) is 4.79 Å². The second-order valence-corrected chi connectivity index (χ2v) is 7.43. The summed E-state index contributed by atoms with van der Waals surface area (Å²) in [5.74, 6) is 0.266. The molecule has 0 aromatic heterocycles. The van der Waals surface area contributed by atoms with Crippen LogP contribution in [0.1, 0.15) is 40.2 Å². The summed E-state index contributed by atoms with van der Waals surface area (Å²) >= 11 is 0. The monoisotopic (exact) mass is 350 g/mol. The third-order valence-corrected chi connectivity index (χ3v) is 3.06. The van der Waals surface area contributed by atoms with Gasteiger partial charge in [0.1, 0.15) is 5.60 Å². The number of benzene rings is 1. The van der Waals surface area contributed by atoms with Crippen molar-refractivity contribution in [2.24, 2.45) is 10.7 Å². The minimum atomic E-state index is -0.597. The maximum absolute atomic E-state index is 11.9. The van der Waals surface area contributed by atoms with Gasteiger partial charge in [0.05, 0.1) is 18.7 Å². The number of nitrogens with zero attached hydrogens (tertiary/aromatic N) is 1. The number of carbonyl (C=O) groups excluding carboxylic acids is 1. The van der Waals surface area contributed by atoms with E-state index in [2.05, 4.69) is 15.6 Å². The predicted octanol–water partition coefficient (Wildman–Crippen LogP) is 2.86. The average Bonchev–Trinajstić information content (AvgIpc) is 2.45. The molecule has 1 aromatic rings. The molecule has 0 aliphatic carbocycles. The summed E-state index contributed by atoms with van der Waals surface area (Å²) < 4.78 is 10.4. The largest absolute Gasteiger partial charge is 0.444 e. The third kappa shape index (κ3) is 8.39. The third-order valence-electron chi connectivity index (χ3n) is 3.06. The molecule has 0 radical (unpaired) electrons. The van der Waals surface area contributed by atoms with Crippen molar-refractivity contribution >= 4 is 17.7 Å². The minimum absolute atomic E-state index is 0.266. The summed E-state index contributed by atoms with van der Waals surface area (Å²) in [7, 11) is 1.64. The van der Waals surface area contributed by atoms with Crippen molar-refractivity contribution in [3.63, 3.8) is 0 Å². The molecule has 0 atom stereocenters. The van der Waals surface area contributed by atoms with Gasteiger partial charge in [0.15, 0.2) is 5.96 Å². The minimum Gasteiger partial charge on any atom is -0.444 e. The van der Waals surface area contributed by atoms with Crippen LogP contribution >= 0.6 is 0 Å². The Kier molecular flexibility index (Phi) is 7.23. The first-order valence-electron chi connectivity index (χ1n) is 8.17. The van der Waals surface area contributed by atoms with Gasteiger partial charge < -0.3 is 25.8 Å². The van der Waals surface area contributed by atoms with E-state index in [1.54, 1.807) is 7.11 Å². The molecular formula is C18H30N4O3. The number of guanidine groups is 1. The van der Waals surface area contributed by atoms with E-state index in [-0.39, 0.29) is 5.96 Å². The van der Waals surface area contributed by atoms with Gasteiger partial charge in [0.2, 0.25) is 0 Å². The Balaban J connectivity index is 2.66. The molecule has 0 fully saturated rings. The van der Waals surface area contributed by atoms with E-state index in [4.69, 9.17) is 15.2 Å². The van der Waals surface area contributed by atoms with Crippen LogP contribution in [0.15, 0.2) is 29.3 Å². The van der Waals surface area contributed by atoms with Gasteiger partial charge in [-0.15, -0.1) is 0 Å². The number of nitrogens with one attached hydrogen (secondary N) is 2. The molecule has 0 unspecified atom stereocenters. The van der Waals surface area contributed by atoms with Crippen LogP contribution in [0.4, 0.5) is 10.5 Å². The maximum Gasteiger partial charge on any atom is 0.408 e. The van der Waals surface area contributed by atoms with Gasteiger partial charge in [0.25, 0.3) is 0 Å². The van der Waals surface area contributed by atoms with Crippen molar-refractivity contribution < 1.29 is 14.3 Å². The highest BCUT2D eigenvalue weighted by Crippen LogP contribution is 2.15. The number of aliphatic imine (C=N–C) groups is 1. The summed E-state index contributed by atoms with van der Waals surface area (Å²) in [6.45, 7) is 9.93. The summed E-state index contributed by atoms with van der Waals surface area (Å²) in [5, 5.41) is 5.86. The van der Waals surface area contributed by atoms with Gasteiger partial charge in [-0.05, 0) is 40.7 Å². The number of para-hydroxylation sites is 1. The summed E-state index contributed by atoms with van der Waals surface area (Å²) in [6, 6.07) is 7.69. The highest BCUT2D eigenvalue weighted by Gasteiger charge is 2.24. The number of carbonyl (C=O) groups is 1. The van der Waals surface area contributed by atoms with Crippen molar-refractivity contribution in [3.8, 4) is 0 Å². The van der Waals surface area contributed by atoms with Crippen molar-refractivity contribution in [1.29, 1.82) is 0 Å². The number of ether oxygens (including phenoxy) is 2. The first-order chi connectivity index (χ1) is 11.5. The summed E-state index contributed by atoms with van der Waals surface area (Å²) in [6.07, 6.45) is -0.482. The van der Waals surface area contributed by atoms with E-state index in [1.807, 2.05) is 58.9 Å². The van der Waals surface area contributed by atoms with Gasteiger partial charge in [-0.3, -0.25) is 4.99 Å². The van der Waals surface area contributed by atoms with Crippen LogP contribution in [-0.2, 0) is 16.1 Å². The molecule has 0 saturated carbocycles. The number of methoxy groups -OCH3 is 1. The van der Waals surface area contributed by atoms with E-state index < -0.39 is 17.2 Å². The molecule has 1 amide bonds. The Morgan fingerprint density at radius 2 is 1.84 bits per heavy atom. The topological polar surface area (TPSA) is 98.0 Å². The molecular weight excluding hydrogens is 320 g/mol. The molecule has 4 N–H and O–H groups in total.